The van der Waals surface area contributed by atoms with Crippen LogP contribution in [-0.2, 0) is 22.1 Å². The lowest BCUT2D eigenvalue weighted by atomic mass is 10.1. The second-order valence-electron chi connectivity index (χ2n) is 5.58. The summed E-state index contributed by atoms with van der Waals surface area (Å²) in [5, 5.41) is -1.60. The van der Waals surface area contributed by atoms with Crippen molar-refractivity contribution in [3.63, 3.8) is 0 Å². The summed E-state index contributed by atoms with van der Waals surface area (Å²) in [6.45, 7) is 0.766. The molecule has 2 atom stereocenters. The predicted octanol–water partition coefficient (Wildman–Crippen LogP) is 1.97. The topological polar surface area (TPSA) is 98.7 Å². The average molecular weight is 356 g/mol. The fraction of sp³-hybridized carbons (Fsp3) is 0.267. The SMILES string of the molecule is CP(=O)(O)C(C[n+]1cccc(Cc2ccccc2)c1)P(=O)(O)O. The lowest BCUT2D eigenvalue weighted by Gasteiger charge is -2.18. The molecule has 124 valence electrons. The number of rotatable bonds is 6. The number of hydrogen-bond donors (Lipinski definition) is 3. The molecule has 1 heterocycles. The van der Waals surface area contributed by atoms with Gasteiger partial charge in [-0.05, 0) is 11.6 Å². The molecule has 2 unspecified atom stereocenters. The molecule has 0 spiro atoms. The van der Waals surface area contributed by atoms with E-state index in [4.69, 9.17) is 0 Å². The Balaban J connectivity index is 2.22. The molecular formula is C15H20NO5P2+. The quantitative estimate of drug-likeness (QED) is 0.543. The fourth-order valence-corrected chi connectivity index (χ4v) is 5.48. The van der Waals surface area contributed by atoms with E-state index >= 15 is 0 Å². The van der Waals surface area contributed by atoms with Crippen molar-refractivity contribution in [3.8, 4) is 0 Å². The van der Waals surface area contributed by atoms with E-state index in [9.17, 15) is 23.8 Å². The van der Waals surface area contributed by atoms with Crippen LogP contribution in [0.5, 0.6) is 0 Å². The van der Waals surface area contributed by atoms with Crippen molar-refractivity contribution in [1.29, 1.82) is 0 Å². The van der Waals surface area contributed by atoms with Crippen LogP contribution in [-0.4, -0.2) is 26.7 Å². The molecule has 0 bridgehead atoms. The molecule has 1 aromatic heterocycles. The number of aromatic nitrogens is 1. The maximum absolute atomic E-state index is 11.8. The largest absolute Gasteiger partial charge is 0.344 e. The van der Waals surface area contributed by atoms with E-state index in [1.165, 1.54) is 0 Å². The Kier molecular flexibility index (Phi) is 5.56. The van der Waals surface area contributed by atoms with Gasteiger partial charge in [0.25, 0.3) is 0 Å². The second kappa shape index (κ2) is 7.08. The summed E-state index contributed by atoms with van der Waals surface area (Å²) >= 11 is 0. The summed E-state index contributed by atoms with van der Waals surface area (Å²) in [5.74, 6) is 0. The van der Waals surface area contributed by atoms with Gasteiger partial charge in [-0.1, -0.05) is 30.3 Å². The van der Waals surface area contributed by atoms with Gasteiger partial charge in [0.05, 0.1) is 0 Å². The van der Waals surface area contributed by atoms with Gasteiger partial charge in [0.1, 0.15) is 0 Å². The first-order valence-corrected chi connectivity index (χ1v) is 10.9. The Hall–Kier alpha value is -1.29. The number of benzene rings is 1. The van der Waals surface area contributed by atoms with E-state index in [0.717, 1.165) is 17.8 Å². The number of hydrogen-bond acceptors (Lipinski definition) is 2. The standard InChI is InChI=1S/C15H19NO5P2/c1-22(17,18)15(23(19,20)21)12-16-9-5-8-14(11-16)10-13-6-3-2-4-7-13/h2-9,11,15H,10,12H2,1H3,(H2-,17,18,19,20,21)/p+1. The fourth-order valence-electron chi connectivity index (χ4n) is 2.35. The Morgan fingerprint density at radius 1 is 1.00 bits per heavy atom. The Morgan fingerprint density at radius 2 is 1.61 bits per heavy atom. The molecule has 0 amide bonds. The minimum Gasteiger partial charge on any atom is -0.344 e. The van der Waals surface area contributed by atoms with Crippen LogP contribution in [0.2, 0.25) is 0 Å². The monoisotopic (exact) mass is 356 g/mol. The van der Waals surface area contributed by atoms with Crippen molar-refractivity contribution < 1.29 is 28.4 Å². The van der Waals surface area contributed by atoms with Gasteiger partial charge in [-0.2, -0.15) is 0 Å². The van der Waals surface area contributed by atoms with E-state index in [2.05, 4.69) is 0 Å². The molecule has 2 rings (SSSR count). The number of pyridine rings is 1. The average Bonchev–Trinajstić information content (AvgIpc) is 2.44. The third kappa shape index (κ3) is 5.38. The van der Waals surface area contributed by atoms with Crippen LogP contribution in [0, 0.1) is 0 Å². The van der Waals surface area contributed by atoms with E-state index in [1.54, 1.807) is 23.0 Å². The first-order valence-electron chi connectivity index (χ1n) is 7.03. The molecular weight excluding hydrogens is 336 g/mol. The maximum atomic E-state index is 11.8. The van der Waals surface area contributed by atoms with Crippen molar-refractivity contribution >= 4 is 15.0 Å². The van der Waals surface area contributed by atoms with Crippen molar-refractivity contribution in [2.75, 3.05) is 6.66 Å². The Labute approximate surface area is 135 Å². The summed E-state index contributed by atoms with van der Waals surface area (Å²) < 4.78 is 24.8. The third-order valence-corrected chi connectivity index (χ3v) is 7.88. The molecule has 0 saturated carbocycles. The van der Waals surface area contributed by atoms with Crippen LogP contribution in [0.15, 0.2) is 54.9 Å². The van der Waals surface area contributed by atoms with E-state index < -0.39 is 20.4 Å². The molecule has 0 radical (unpaired) electrons. The lowest BCUT2D eigenvalue weighted by Crippen LogP contribution is -2.39. The molecule has 0 aliphatic heterocycles. The Bertz CT molecular complexity index is 731. The normalized spacial score (nSPS) is 15.8. The zero-order valence-electron chi connectivity index (χ0n) is 12.7. The zero-order chi connectivity index (χ0) is 17.1. The summed E-state index contributed by atoms with van der Waals surface area (Å²) in [5.41, 5.74) is 2.06. The Morgan fingerprint density at radius 3 is 2.17 bits per heavy atom. The molecule has 0 fully saturated rings. The molecule has 2 aromatic rings. The van der Waals surface area contributed by atoms with Gasteiger partial charge in [0.15, 0.2) is 24.3 Å². The van der Waals surface area contributed by atoms with Crippen molar-refractivity contribution in [2.24, 2.45) is 0 Å². The van der Waals surface area contributed by atoms with Gasteiger partial charge in [0.2, 0.25) is 7.37 Å². The maximum Gasteiger partial charge on any atom is 0.344 e. The van der Waals surface area contributed by atoms with Gasteiger partial charge in [-0.25, -0.2) is 4.57 Å². The van der Waals surface area contributed by atoms with E-state index in [-0.39, 0.29) is 6.54 Å². The molecule has 1 aromatic carbocycles. The molecule has 8 heteroatoms. The minimum absolute atomic E-state index is 0.211. The highest BCUT2D eigenvalue weighted by molar-refractivity contribution is 7.73. The number of nitrogens with zero attached hydrogens (tertiary/aromatic N) is 1. The molecule has 0 aliphatic carbocycles. The van der Waals surface area contributed by atoms with E-state index in [1.807, 2.05) is 36.4 Å². The van der Waals surface area contributed by atoms with Crippen LogP contribution < -0.4 is 4.57 Å². The second-order valence-corrected chi connectivity index (χ2v) is 10.3. The highest BCUT2D eigenvalue weighted by Gasteiger charge is 2.43. The molecule has 23 heavy (non-hydrogen) atoms. The first kappa shape index (κ1) is 18.1. The van der Waals surface area contributed by atoms with Gasteiger partial charge >= 0.3 is 7.60 Å². The predicted molar refractivity (Wildman–Crippen MR) is 87.5 cm³/mol. The van der Waals surface area contributed by atoms with Gasteiger partial charge in [-0.15, -0.1) is 0 Å². The van der Waals surface area contributed by atoms with Crippen LogP contribution >= 0.6 is 15.0 Å². The smallest absolute Gasteiger partial charge is 0.344 e. The summed E-state index contributed by atoms with van der Waals surface area (Å²) in [6, 6.07) is 13.4. The molecule has 0 saturated heterocycles. The van der Waals surface area contributed by atoms with Crippen LogP contribution in [0.3, 0.4) is 0 Å². The van der Waals surface area contributed by atoms with Crippen molar-refractivity contribution in [2.45, 2.75) is 18.4 Å². The van der Waals surface area contributed by atoms with E-state index in [0.29, 0.717) is 6.42 Å². The van der Waals surface area contributed by atoms with Crippen LogP contribution in [0.4, 0.5) is 0 Å². The summed E-state index contributed by atoms with van der Waals surface area (Å²) in [7, 11) is -8.61. The van der Waals surface area contributed by atoms with Gasteiger partial charge in [-0.3, -0.25) is 9.13 Å². The first-order chi connectivity index (χ1) is 10.7. The van der Waals surface area contributed by atoms with Crippen molar-refractivity contribution in [3.05, 3.63) is 66.0 Å². The summed E-state index contributed by atoms with van der Waals surface area (Å²) in [6.07, 6.45) is 4.04. The summed E-state index contributed by atoms with van der Waals surface area (Å²) in [4.78, 5) is 28.3. The highest BCUT2D eigenvalue weighted by atomic mass is 31.2. The molecule has 0 aliphatic rings. The third-order valence-electron chi connectivity index (χ3n) is 3.49. The lowest BCUT2D eigenvalue weighted by molar-refractivity contribution is -0.694. The van der Waals surface area contributed by atoms with Crippen molar-refractivity contribution in [1.82, 2.24) is 0 Å². The minimum atomic E-state index is -4.68. The molecule has 6 nitrogen and oxygen atoms in total. The van der Waals surface area contributed by atoms with Gasteiger partial charge in [0, 0.05) is 24.7 Å². The molecule has 3 N–H and O–H groups in total. The highest BCUT2D eigenvalue weighted by Crippen LogP contribution is 2.60. The zero-order valence-corrected chi connectivity index (χ0v) is 14.5. The van der Waals surface area contributed by atoms with Gasteiger partial charge < -0.3 is 14.7 Å². The van der Waals surface area contributed by atoms with Crippen LogP contribution in [0.25, 0.3) is 0 Å². The van der Waals surface area contributed by atoms with Crippen LogP contribution in [0.1, 0.15) is 11.1 Å².